The summed E-state index contributed by atoms with van der Waals surface area (Å²) in [7, 11) is 1.61. The maximum Gasteiger partial charge on any atom is 0.313 e. The predicted octanol–water partition coefficient (Wildman–Crippen LogP) is 1.55. The van der Waals surface area contributed by atoms with Gasteiger partial charge >= 0.3 is 6.01 Å². The molecule has 6 heteroatoms. The van der Waals surface area contributed by atoms with Crippen molar-refractivity contribution >= 4 is 17.1 Å². The standard InChI is InChI=1S/C12H17N3O3/c1-3-17-7-6-15(13)12-14-10-8-9(16-2)4-5-11(10)18-12/h4-5,8H,3,6-7,13H2,1-2H3. The van der Waals surface area contributed by atoms with Crippen LogP contribution in [0.3, 0.4) is 0 Å². The molecule has 2 aromatic rings. The predicted molar refractivity (Wildman–Crippen MR) is 68.6 cm³/mol. The highest BCUT2D eigenvalue weighted by Crippen LogP contribution is 2.24. The zero-order valence-corrected chi connectivity index (χ0v) is 10.5. The monoisotopic (exact) mass is 251 g/mol. The molecule has 1 aromatic carbocycles. The van der Waals surface area contributed by atoms with Crippen molar-refractivity contribution in [2.45, 2.75) is 6.92 Å². The van der Waals surface area contributed by atoms with E-state index in [4.69, 9.17) is 19.7 Å². The molecule has 2 N–H and O–H groups in total. The fourth-order valence-corrected chi connectivity index (χ4v) is 1.55. The molecule has 0 saturated carbocycles. The van der Waals surface area contributed by atoms with Gasteiger partial charge in [-0.1, -0.05) is 0 Å². The smallest absolute Gasteiger partial charge is 0.313 e. The van der Waals surface area contributed by atoms with Crippen LogP contribution in [0.2, 0.25) is 0 Å². The second-order valence-corrected chi connectivity index (χ2v) is 3.72. The molecule has 0 bridgehead atoms. The van der Waals surface area contributed by atoms with Gasteiger partial charge in [0.25, 0.3) is 0 Å². The number of rotatable bonds is 6. The van der Waals surface area contributed by atoms with Crippen LogP contribution in [0.25, 0.3) is 11.1 Å². The number of ether oxygens (including phenoxy) is 2. The quantitative estimate of drug-likeness (QED) is 0.477. The van der Waals surface area contributed by atoms with E-state index < -0.39 is 0 Å². The van der Waals surface area contributed by atoms with Gasteiger partial charge in [0.1, 0.15) is 11.3 Å². The lowest BCUT2D eigenvalue weighted by molar-refractivity contribution is 0.153. The lowest BCUT2D eigenvalue weighted by Crippen LogP contribution is -2.34. The van der Waals surface area contributed by atoms with Crippen molar-refractivity contribution in [1.29, 1.82) is 0 Å². The van der Waals surface area contributed by atoms with Gasteiger partial charge in [-0.05, 0) is 19.1 Å². The van der Waals surface area contributed by atoms with Crippen LogP contribution in [0.15, 0.2) is 22.6 Å². The first kappa shape index (κ1) is 12.7. The molecule has 1 heterocycles. The van der Waals surface area contributed by atoms with E-state index in [2.05, 4.69) is 4.98 Å². The summed E-state index contributed by atoms with van der Waals surface area (Å²) in [6.45, 7) is 3.66. The third-order valence-electron chi connectivity index (χ3n) is 2.51. The molecular formula is C12H17N3O3. The van der Waals surface area contributed by atoms with Gasteiger partial charge in [-0.3, -0.25) is 5.01 Å². The molecule has 18 heavy (non-hydrogen) atoms. The van der Waals surface area contributed by atoms with E-state index in [1.807, 2.05) is 13.0 Å². The van der Waals surface area contributed by atoms with E-state index in [-0.39, 0.29) is 0 Å². The fraction of sp³-hybridized carbons (Fsp3) is 0.417. The van der Waals surface area contributed by atoms with Crippen LogP contribution < -0.4 is 15.6 Å². The van der Waals surface area contributed by atoms with Crippen molar-refractivity contribution in [1.82, 2.24) is 4.98 Å². The minimum absolute atomic E-state index is 0.373. The number of hydrogen-bond acceptors (Lipinski definition) is 6. The van der Waals surface area contributed by atoms with Gasteiger partial charge in [0, 0.05) is 12.7 Å². The first-order valence-electron chi connectivity index (χ1n) is 5.79. The molecule has 6 nitrogen and oxygen atoms in total. The topological polar surface area (TPSA) is 73.8 Å². The molecule has 1 aromatic heterocycles. The van der Waals surface area contributed by atoms with Crippen LogP contribution in [0.4, 0.5) is 6.01 Å². The Morgan fingerprint density at radius 2 is 2.28 bits per heavy atom. The summed E-state index contributed by atoms with van der Waals surface area (Å²) in [5.74, 6) is 6.57. The molecular weight excluding hydrogens is 234 g/mol. The van der Waals surface area contributed by atoms with E-state index in [1.165, 1.54) is 5.01 Å². The van der Waals surface area contributed by atoms with Crippen molar-refractivity contribution in [3.8, 4) is 5.75 Å². The summed E-state index contributed by atoms with van der Waals surface area (Å²) in [6.07, 6.45) is 0. The Morgan fingerprint density at radius 3 is 3.00 bits per heavy atom. The summed E-state index contributed by atoms with van der Waals surface area (Å²) in [5.41, 5.74) is 1.40. The van der Waals surface area contributed by atoms with Gasteiger partial charge in [-0.2, -0.15) is 4.98 Å². The van der Waals surface area contributed by atoms with E-state index in [0.717, 1.165) is 11.3 Å². The average molecular weight is 251 g/mol. The number of nitrogens with zero attached hydrogens (tertiary/aromatic N) is 2. The van der Waals surface area contributed by atoms with Crippen LogP contribution in [-0.4, -0.2) is 31.9 Å². The van der Waals surface area contributed by atoms with E-state index in [9.17, 15) is 0 Å². The number of nitrogens with two attached hydrogens (primary N) is 1. The first-order valence-corrected chi connectivity index (χ1v) is 5.79. The van der Waals surface area contributed by atoms with Crippen molar-refractivity contribution in [2.24, 2.45) is 5.84 Å². The van der Waals surface area contributed by atoms with Gasteiger partial charge in [-0.25, -0.2) is 5.84 Å². The van der Waals surface area contributed by atoms with Crippen LogP contribution >= 0.6 is 0 Å². The largest absolute Gasteiger partial charge is 0.497 e. The van der Waals surface area contributed by atoms with Gasteiger partial charge < -0.3 is 13.9 Å². The number of benzene rings is 1. The van der Waals surface area contributed by atoms with Crippen LogP contribution in [0.5, 0.6) is 5.75 Å². The lowest BCUT2D eigenvalue weighted by atomic mass is 10.3. The van der Waals surface area contributed by atoms with Gasteiger partial charge in [0.15, 0.2) is 5.58 Å². The molecule has 0 spiro atoms. The molecule has 0 aliphatic carbocycles. The molecule has 0 radical (unpaired) electrons. The summed E-state index contributed by atoms with van der Waals surface area (Å²) in [6, 6.07) is 5.80. The molecule has 0 atom stereocenters. The zero-order chi connectivity index (χ0) is 13.0. The van der Waals surface area contributed by atoms with Gasteiger partial charge in [0.2, 0.25) is 0 Å². The van der Waals surface area contributed by atoms with Gasteiger partial charge in [0.05, 0.1) is 20.3 Å². The summed E-state index contributed by atoms with van der Waals surface area (Å²) < 4.78 is 15.9. The second-order valence-electron chi connectivity index (χ2n) is 3.72. The molecule has 0 saturated heterocycles. The Hall–Kier alpha value is -1.79. The molecule has 0 aliphatic heterocycles. The highest BCUT2D eigenvalue weighted by molar-refractivity contribution is 5.76. The maximum atomic E-state index is 5.84. The summed E-state index contributed by atoms with van der Waals surface area (Å²) in [4.78, 5) is 4.30. The second kappa shape index (κ2) is 5.70. The number of hydrogen-bond donors (Lipinski definition) is 1. The fourth-order valence-electron chi connectivity index (χ4n) is 1.55. The Labute approximate surface area is 105 Å². The van der Waals surface area contributed by atoms with Crippen LogP contribution in [0, 0.1) is 0 Å². The van der Waals surface area contributed by atoms with Crippen molar-refractivity contribution < 1.29 is 13.9 Å². The molecule has 0 fully saturated rings. The van der Waals surface area contributed by atoms with E-state index >= 15 is 0 Å². The van der Waals surface area contributed by atoms with Gasteiger partial charge in [-0.15, -0.1) is 0 Å². The first-order chi connectivity index (χ1) is 8.74. The van der Waals surface area contributed by atoms with Crippen LogP contribution in [0.1, 0.15) is 6.92 Å². The van der Waals surface area contributed by atoms with Crippen molar-refractivity contribution in [3.63, 3.8) is 0 Å². The number of anilines is 1. The number of methoxy groups -OCH3 is 1. The maximum absolute atomic E-state index is 5.84. The molecule has 0 aliphatic rings. The van der Waals surface area contributed by atoms with Crippen LogP contribution in [-0.2, 0) is 4.74 Å². The molecule has 0 unspecified atom stereocenters. The highest BCUT2D eigenvalue weighted by Gasteiger charge is 2.11. The molecule has 98 valence electrons. The summed E-state index contributed by atoms with van der Waals surface area (Å²) in [5, 5.41) is 1.43. The Balaban J connectivity index is 2.13. The Morgan fingerprint density at radius 1 is 1.44 bits per heavy atom. The summed E-state index contributed by atoms with van der Waals surface area (Å²) >= 11 is 0. The Kier molecular flexibility index (Phi) is 4.01. The zero-order valence-electron chi connectivity index (χ0n) is 10.5. The Bertz CT molecular complexity index is 512. The third-order valence-corrected chi connectivity index (χ3v) is 2.51. The average Bonchev–Trinajstić information content (AvgIpc) is 2.81. The minimum atomic E-state index is 0.373. The van der Waals surface area contributed by atoms with Crippen molar-refractivity contribution in [3.05, 3.63) is 18.2 Å². The normalized spacial score (nSPS) is 10.8. The number of fused-ring (bicyclic) bond motifs is 1. The van der Waals surface area contributed by atoms with Crippen molar-refractivity contribution in [2.75, 3.05) is 31.9 Å². The van der Waals surface area contributed by atoms with E-state index in [1.54, 1.807) is 19.2 Å². The molecule has 0 amide bonds. The SMILES string of the molecule is CCOCCN(N)c1nc2cc(OC)ccc2o1. The molecule has 2 rings (SSSR count). The third kappa shape index (κ3) is 2.72. The number of oxazole rings is 1. The lowest BCUT2D eigenvalue weighted by Gasteiger charge is -2.12. The van der Waals surface area contributed by atoms with E-state index in [0.29, 0.717) is 31.4 Å². The number of aromatic nitrogens is 1. The highest BCUT2D eigenvalue weighted by atomic mass is 16.5. The number of hydrazine groups is 1. The minimum Gasteiger partial charge on any atom is -0.497 e.